The van der Waals surface area contributed by atoms with Gasteiger partial charge in [0.1, 0.15) is 12.4 Å². The van der Waals surface area contributed by atoms with E-state index in [4.69, 9.17) is 21.1 Å². The monoisotopic (exact) mass is 369 g/mol. The molecule has 2 aromatic rings. The van der Waals surface area contributed by atoms with Crippen LogP contribution in [0.3, 0.4) is 0 Å². The molecule has 0 fully saturated rings. The van der Waals surface area contributed by atoms with Crippen molar-refractivity contribution in [3.8, 4) is 5.75 Å². The zero-order valence-corrected chi connectivity index (χ0v) is 15.2. The van der Waals surface area contributed by atoms with Gasteiger partial charge in [0.05, 0.1) is 11.5 Å². The molecule has 0 aliphatic heterocycles. The van der Waals surface area contributed by atoms with Gasteiger partial charge in [-0.1, -0.05) is 29.8 Å². The summed E-state index contributed by atoms with van der Waals surface area (Å²) in [5.41, 5.74) is 1.48. The summed E-state index contributed by atoms with van der Waals surface area (Å²) in [5, 5.41) is 0.388. The molecular weight excluding hydrogens is 350 g/mol. The van der Waals surface area contributed by atoms with Gasteiger partial charge in [-0.3, -0.25) is 0 Å². The third-order valence-corrected chi connectivity index (χ3v) is 5.16. The highest BCUT2D eigenvalue weighted by Gasteiger charge is 2.16. The molecule has 0 aromatic heterocycles. The molecule has 0 spiro atoms. The molecule has 5 nitrogen and oxygen atoms in total. The van der Waals surface area contributed by atoms with E-state index in [0.29, 0.717) is 29.5 Å². The molecule has 2 rings (SSSR count). The maximum absolute atomic E-state index is 12.4. The molecule has 0 aliphatic carbocycles. The molecule has 0 bridgehead atoms. The fourth-order valence-electron chi connectivity index (χ4n) is 2.07. The largest absolute Gasteiger partial charge is 0.491 e. The SMILES string of the molecule is COCCOc1ccc(CNS(=O)(=O)c2cc(Cl)ccc2C)cc1. The van der Waals surface area contributed by atoms with Crippen molar-refractivity contribution >= 4 is 21.6 Å². The lowest BCUT2D eigenvalue weighted by Crippen LogP contribution is -2.24. The van der Waals surface area contributed by atoms with Crippen molar-refractivity contribution in [2.24, 2.45) is 0 Å². The van der Waals surface area contributed by atoms with Gasteiger partial charge in [-0.2, -0.15) is 0 Å². The first-order valence-corrected chi connectivity index (χ1v) is 9.25. The molecule has 0 atom stereocenters. The first-order valence-electron chi connectivity index (χ1n) is 7.39. The van der Waals surface area contributed by atoms with E-state index in [2.05, 4.69) is 4.72 Å². The van der Waals surface area contributed by atoms with E-state index in [9.17, 15) is 8.42 Å². The Balaban J connectivity index is 2.00. The van der Waals surface area contributed by atoms with Crippen LogP contribution in [-0.2, 0) is 21.3 Å². The molecule has 0 heterocycles. The number of nitrogens with one attached hydrogen (secondary N) is 1. The van der Waals surface area contributed by atoms with Gasteiger partial charge in [0.15, 0.2) is 0 Å². The number of methoxy groups -OCH3 is 1. The van der Waals surface area contributed by atoms with Crippen LogP contribution in [0.4, 0.5) is 0 Å². The Kier molecular flexibility index (Phi) is 6.62. The molecule has 0 amide bonds. The Morgan fingerprint density at radius 2 is 1.79 bits per heavy atom. The minimum absolute atomic E-state index is 0.187. The van der Waals surface area contributed by atoms with Crippen molar-refractivity contribution in [3.63, 3.8) is 0 Å². The summed E-state index contributed by atoms with van der Waals surface area (Å²) in [5.74, 6) is 0.712. The quantitative estimate of drug-likeness (QED) is 0.726. The smallest absolute Gasteiger partial charge is 0.241 e. The summed E-state index contributed by atoms with van der Waals surface area (Å²) in [6.45, 7) is 2.90. The zero-order chi connectivity index (χ0) is 17.6. The number of hydrogen-bond donors (Lipinski definition) is 1. The molecule has 0 saturated carbocycles. The van der Waals surface area contributed by atoms with Crippen molar-refractivity contribution in [2.45, 2.75) is 18.4 Å². The Bertz CT molecular complexity index is 776. The van der Waals surface area contributed by atoms with E-state index in [1.165, 1.54) is 6.07 Å². The minimum Gasteiger partial charge on any atom is -0.491 e. The van der Waals surface area contributed by atoms with Gasteiger partial charge >= 0.3 is 0 Å². The maximum Gasteiger partial charge on any atom is 0.241 e. The Hall–Kier alpha value is -1.60. The van der Waals surface area contributed by atoms with Gasteiger partial charge in [-0.05, 0) is 42.3 Å². The zero-order valence-electron chi connectivity index (χ0n) is 13.6. The predicted molar refractivity (Wildman–Crippen MR) is 94.0 cm³/mol. The van der Waals surface area contributed by atoms with Gasteiger partial charge < -0.3 is 9.47 Å². The number of sulfonamides is 1. The van der Waals surface area contributed by atoms with E-state index in [-0.39, 0.29) is 11.4 Å². The topological polar surface area (TPSA) is 64.6 Å². The average Bonchev–Trinajstić information content (AvgIpc) is 2.56. The van der Waals surface area contributed by atoms with Gasteiger partial charge in [-0.15, -0.1) is 0 Å². The van der Waals surface area contributed by atoms with E-state index in [0.717, 1.165) is 5.56 Å². The van der Waals surface area contributed by atoms with Gasteiger partial charge in [-0.25, -0.2) is 13.1 Å². The molecule has 1 N–H and O–H groups in total. The third kappa shape index (κ3) is 5.21. The fraction of sp³-hybridized carbons (Fsp3) is 0.294. The Morgan fingerprint density at radius 1 is 1.08 bits per heavy atom. The maximum atomic E-state index is 12.4. The van der Waals surface area contributed by atoms with Crippen molar-refractivity contribution in [1.82, 2.24) is 4.72 Å². The van der Waals surface area contributed by atoms with E-state index in [1.807, 2.05) is 12.1 Å². The summed E-state index contributed by atoms with van der Waals surface area (Å²) in [6, 6.07) is 12.0. The van der Waals surface area contributed by atoms with Crippen LogP contribution < -0.4 is 9.46 Å². The number of benzene rings is 2. The minimum atomic E-state index is -3.62. The molecule has 0 radical (unpaired) electrons. The van der Waals surface area contributed by atoms with Crippen molar-refractivity contribution < 1.29 is 17.9 Å². The first kappa shape index (κ1) is 18.7. The van der Waals surface area contributed by atoms with Crippen LogP contribution in [-0.4, -0.2) is 28.7 Å². The van der Waals surface area contributed by atoms with Crippen LogP contribution in [0.2, 0.25) is 5.02 Å². The highest BCUT2D eigenvalue weighted by Crippen LogP contribution is 2.20. The van der Waals surface area contributed by atoms with Crippen molar-refractivity contribution in [2.75, 3.05) is 20.3 Å². The molecule has 0 saturated heterocycles. The van der Waals surface area contributed by atoms with E-state index in [1.54, 1.807) is 38.3 Å². The lowest BCUT2D eigenvalue weighted by atomic mass is 10.2. The molecule has 0 unspecified atom stereocenters. The van der Waals surface area contributed by atoms with Gasteiger partial charge in [0.2, 0.25) is 10.0 Å². The third-order valence-electron chi connectivity index (χ3n) is 3.39. The summed E-state index contributed by atoms with van der Waals surface area (Å²) in [4.78, 5) is 0.189. The summed E-state index contributed by atoms with van der Waals surface area (Å²) in [7, 11) is -2.01. The van der Waals surface area contributed by atoms with Crippen LogP contribution in [0.25, 0.3) is 0 Å². The van der Waals surface area contributed by atoms with Crippen molar-refractivity contribution in [3.05, 3.63) is 58.6 Å². The summed E-state index contributed by atoms with van der Waals surface area (Å²) in [6.07, 6.45) is 0. The molecule has 130 valence electrons. The normalized spacial score (nSPS) is 11.5. The summed E-state index contributed by atoms with van der Waals surface area (Å²) < 4.78 is 37.8. The first-order chi connectivity index (χ1) is 11.4. The van der Waals surface area contributed by atoms with Crippen molar-refractivity contribution in [1.29, 1.82) is 0 Å². The number of hydrogen-bond acceptors (Lipinski definition) is 4. The number of ether oxygens (including phenoxy) is 2. The molecule has 0 aliphatic rings. The van der Waals surface area contributed by atoms with Crippen LogP contribution in [0.15, 0.2) is 47.4 Å². The Labute approximate surface area is 147 Å². The number of halogens is 1. The molecule has 7 heteroatoms. The Morgan fingerprint density at radius 3 is 2.46 bits per heavy atom. The highest BCUT2D eigenvalue weighted by molar-refractivity contribution is 7.89. The standard InChI is InChI=1S/C17H20ClNO4S/c1-13-3-6-15(18)11-17(13)24(20,21)19-12-14-4-7-16(8-5-14)23-10-9-22-2/h3-8,11,19H,9-10,12H2,1-2H3. The van der Waals surface area contributed by atoms with Gasteiger partial charge in [0, 0.05) is 18.7 Å². The molecular formula is C17H20ClNO4S. The van der Waals surface area contributed by atoms with Crippen LogP contribution in [0, 0.1) is 6.92 Å². The van der Waals surface area contributed by atoms with E-state index >= 15 is 0 Å². The fourth-order valence-corrected chi connectivity index (χ4v) is 3.59. The average molecular weight is 370 g/mol. The highest BCUT2D eigenvalue weighted by atomic mass is 35.5. The lowest BCUT2D eigenvalue weighted by molar-refractivity contribution is 0.146. The predicted octanol–water partition coefficient (Wildman–Crippen LogP) is 3.15. The summed E-state index contributed by atoms with van der Waals surface area (Å²) >= 11 is 5.89. The number of rotatable bonds is 8. The van der Waals surface area contributed by atoms with Crippen LogP contribution in [0.5, 0.6) is 5.75 Å². The van der Waals surface area contributed by atoms with Crippen LogP contribution in [0.1, 0.15) is 11.1 Å². The molecule has 24 heavy (non-hydrogen) atoms. The second-order valence-electron chi connectivity index (χ2n) is 5.22. The lowest BCUT2D eigenvalue weighted by Gasteiger charge is -2.10. The molecule has 2 aromatic carbocycles. The number of aryl methyl sites for hydroxylation is 1. The second-order valence-corrected chi connectivity index (χ2v) is 7.39. The second kappa shape index (κ2) is 8.48. The van der Waals surface area contributed by atoms with Crippen LogP contribution >= 0.6 is 11.6 Å². The van der Waals surface area contributed by atoms with Gasteiger partial charge in [0.25, 0.3) is 0 Å². The van der Waals surface area contributed by atoms with E-state index < -0.39 is 10.0 Å².